The van der Waals surface area contributed by atoms with E-state index in [4.69, 9.17) is 25.8 Å². The Bertz CT molecular complexity index is 538. The molecule has 0 fully saturated rings. The summed E-state index contributed by atoms with van der Waals surface area (Å²) in [7, 11) is 3.17. The summed E-state index contributed by atoms with van der Waals surface area (Å²) in [5.41, 5.74) is 0.737. The van der Waals surface area contributed by atoms with Crippen LogP contribution in [-0.4, -0.2) is 19.2 Å². The molecular formula is C14H14ClNO3. The third-order valence-corrected chi connectivity index (χ3v) is 2.76. The van der Waals surface area contributed by atoms with Crippen molar-refractivity contribution >= 4 is 11.6 Å². The fourth-order valence-corrected chi connectivity index (χ4v) is 1.82. The summed E-state index contributed by atoms with van der Waals surface area (Å²) >= 11 is 5.90. The van der Waals surface area contributed by atoms with Crippen LogP contribution >= 0.6 is 11.6 Å². The van der Waals surface area contributed by atoms with Crippen LogP contribution in [-0.2, 0) is 6.61 Å². The minimum atomic E-state index is 0.289. The molecule has 0 unspecified atom stereocenters. The maximum Gasteiger partial charge on any atom is 0.203 e. The Morgan fingerprint density at radius 3 is 2.37 bits per heavy atom. The van der Waals surface area contributed by atoms with Crippen molar-refractivity contribution in [1.29, 1.82) is 0 Å². The lowest BCUT2D eigenvalue weighted by molar-refractivity contribution is 0.263. The molecule has 0 aliphatic heterocycles. The van der Waals surface area contributed by atoms with Crippen molar-refractivity contribution in [1.82, 2.24) is 4.98 Å². The lowest BCUT2D eigenvalue weighted by Gasteiger charge is -2.13. The third kappa shape index (κ3) is 3.29. The number of para-hydroxylation sites is 1. The minimum Gasteiger partial charge on any atom is -0.493 e. The van der Waals surface area contributed by atoms with Gasteiger partial charge in [0.2, 0.25) is 5.75 Å². The molecular weight excluding hydrogens is 266 g/mol. The van der Waals surface area contributed by atoms with Gasteiger partial charge in [0, 0.05) is 11.2 Å². The highest BCUT2D eigenvalue weighted by molar-refractivity contribution is 6.30. The molecule has 0 saturated heterocycles. The number of aromatic nitrogens is 1. The zero-order valence-corrected chi connectivity index (χ0v) is 11.5. The summed E-state index contributed by atoms with van der Waals surface area (Å²) in [5.74, 6) is 1.78. The molecule has 0 aliphatic carbocycles. The first-order chi connectivity index (χ1) is 9.24. The second-order valence-electron chi connectivity index (χ2n) is 3.75. The number of benzene rings is 1. The van der Waals surface area contributed by atoms with Gasteiger partial charge in [0.25, 0.3) is 0 Å². The molecule has 19 heavy (non-hydrogen) atoms. The van der Waals surface area contributed by atoms with E-state index in [0.29, 0.717) is 22.3 Å². The summed E-state index contributed by atoms with van der Waals surface area (Å²) in [6, 6.07) is 8.92. The van der Waals surface area contributed by atoms with Gasteiger partial charge in [-0.3, -0.25) is 4.98 Å². The molecule has 0 bridgehead atoms. The molecule has 0 N–H and O–H groups in total. The van der Waals surface area contributed by atoms with Gasteiger partial charge in [-0.2, -0.15) is 0 Å². The highest BCUT2D eigenvalue weighted by Crippen LogP contribution is 2.37. The summed E-state index contributed by atoms with van der Waals surface area (Å²) in [4.78, 5) is 4.17. The van der Waals surface area contributed by atoms with Crippen LogP contribution < -0.4 is 14.2 Å². The van der Waals surface area contributed by atoms with E-state index in [9.17, 15) is 0 Å². The summed E-state index contributed by atoms with van der Waals surface area (Å²) in [6.45, 7) is 0.289. The molecule has 0 saturated carbocycles. The highest BCUT2D eigenvalue weighted by Gasteiger charge is 2.11. The topological polar surface area (TPSA) is 40.6 Å². The lowest BCUT2D eigenvalue weighted by Crippen LogP contribution is -2.01. The Labute approximate surface area is 116 Å². The number of pyridine rings is 1. The predicted octanol–water partition coefficient (Wildman–Crippen LogP) is 3.33. The molecule has 0 amide bonds. The van der Waals surface area contributed by atoms with E-state index in [-0.39, 0.29) is 6.61 Å². The van der Waals surface area contributed by atoms with Gasteiger partial charge in [-0.1, -0.05) is 17.7 Å². The van der Waals surface area contributed by atoms with Crippen molar-refractivity contribution in [3.8, 4) is 17.2 Å². The molecule has 0 aliphatic rings. The third-order valence-electron chi connectivity index (χ3n) is 2.53. The number of ether oxygens (including phenoxy) is 3. The molecule has 1 aromatic carbocycles. The van der Waals surface area contributed by atoms with E-state index in [0.717, 1.165) is 5.69 Å². The number of hydrogen-bond donors (Lipinski definition) is 0. The van der Waals surface area contributed by atoms with Gasteiger partial charge in [-0.25, -0.2) is 0 Å². The highest BCUT2D eigenvalue weighted by atomic mass is 35.5. The molecule has 2 aromatic rings. The SMILES string of the molecule is COc1cccc(OC)c1OCc1cc(Cl)ccn1. The first-order valence-electron chi connectivity index (χ1n) is 5.69. The van der Waals surface area contributed by atoms with Crippen LogP contribution in [0.4, 0.5) is 0 Å². The number of nitrogens with zero attached hydrogens (tertiary/aromatic N) is 1. The summed E-state index contributed by atoms with van der Waals surface area (Å²) < 4.78 is 16.2. The monoisotopic (exact) mass is 279 g/mol. The lowest BCUT2D eigenvalue weighted by atomic mass is 10.3. The van der Waals surface area contributed by atoms with Gasteiger partial charge in [-0.15, -0.1) is 0 Å². The maximum atomic E-state index is 5.90. The number of hydrogen-bond acceptors (Lipinski definition) is 4. The Kier molecular flexibility index (Phi) is 4.47. The van der Waals surface area contributed by atoms with Crippen LogP contribution in [0.15, 0.2) is 36.5 Å². The normalized spacial score (nSPS) is 10.1. The van der Waals surface area contributed by atoms with Gasteiger partial charge < -0.3 is 14.2 Å². The molecule has 1 aromatic heterocycles. The van der Waals surface area contributed by atoms with Crippen LogP contribution in [0.3, 0.4) is 0 Å². The van der Waals surface area contributed by atoms with Gasteiger partial charge in [-0.05, 0) is 24.3 Å². The largest absolute Gasteiger partial charge is 0.493 e. The Morgan fingerprint density at radius 2 is 1.79 bits per heavy atom. The Morgan fingerprint density at radius 1 is 1.11 bits per heavy atom. The number of rotatable bonds is 5. The predicted molar refractivity (Wildman–Crippen MR) is 73.1 cm³/mol. The number of halogens is 1. The van der Waals surface area contributed by atoms with Crippen molar-refractivity contribution < 1.29 is 14.2 Å². The van der Waals surface area contributed by atoms with Crippen molar-refractivity contribution in [2.45, 2.75) is 6.61 Å². The average Bonchev–Trinajstić information content (AvgIpc) is 2.44. The van der Waals surface area contributed by atoms with Crippen molar-refractivity contribution in [3.63, 3.8) is 0 Å². The maximum absolute atomic E-state index is 5.90. The van der Waals surface area contributed by atoms with Gasteiger partial charge in [0.1, 0.15) is 6.61 Å². The van der Waals surface area contributed by atoms with E-state index in [1.54, 1.807) is 32.5 Å². The van der Waals surface area contributed by atoms with E-state index in [1.165, 1.54) is 0 Å². The Balaban J connectivity index is 2.19. The van der Waals surface area contributed by atoms with Crippen LogP contribution in [0.1, 0.15) is 5.69 Å². The molecule has 0 atom stereocenters. The second kappa shape index (κ2) is 6.29. The standard InChI is InChI=1S/C14H14ClNO3/c1-17-12-4-3-5-13(18-2)14(12)19-9-11-8-10(15)6-7-16-11/h3-8H,9H2,1-2H3. The van der Waals surface area contributed by atoms with E-state index in [1.807, 2.05) is 18.2 Å². The molecule has 2 rings (SSSR count). The molecule has 1 heterocycles. The van der Waals surface area contributed by atoms with Crippen LogP contribution in [0, 0.1) is 0 Å². The van der Waals surface area contributed by atoms with Gasteiger partial charge in [0.15, 0.2) is 11.5 Å². The fourth-order valence-electron chi connectivity index (χ4n) is 1.63. The zero-order valence-electron chi connectivity index (χ0n) is 10.7. The minimum absolute atomic E-state index is 0.289. The molecule has 0 spiro atoms. The van der Waals surface area contributed by atoms with Crippen molar-refractivity contribution in [3.05, 3.63) is 47.2 Å². The molecule has 5 heteroatoms. The number of methoxy groups -OCH3 is 2. The van der Waals surface area contributed by atoms with Gasteiger partial charge in [0.05, 0.1) is 19.9 Å². The first kappa shape index (κ1) is 13.5. The first-order valence-corrected chi connectivity index (χ1v) is 6.06. The van der Waals surface area contributed by atoms with Crippen LogP contribution in [0.5, 0.6) is 17.2 Å². The van der Waals surface area contributed by atoms with Crippen molar-refractivity contribution in [2.24, 2.45) is 0 Å². The smallest absolute Gasteiger partial charge is 0.203 e. The summed E-state index contributed by atoms with van der Waals surface area (Å²) in [6.07, 6.45) is 1.64. The van der Waals surface area contributed by atoms with Gasteiger partial charge >= 0.3 is 0 Å². The van der Waals surface area contributed by atoms with E-state index >= 15 is 0 Å². The molecule has 0 radical (unpaired) electrons. The quantitative estimate of drug-likeness (QED) is 0.842. The average molecular weight is 280 g/mol. The van der Waals surface area contributed by atoms with Crippen LogP contribution in [0.2, 0.25) is 5.02 Å². The molecule has 4 nitrogen and oxygen atoms in total. The molecule has 100 valence electrons. The fraction of sp³-hybridized carbons (Fsp3) is 0.214. The van der Waals surface area contributed by atoms with Crippen LogP contribution in [0.25, 0.3) is 0 Å². The van der Waals surface area contributed by atoms with E-state index in [2.05, 4.69) is 4.98 Å². The zero-order chi connectivity index (χ0) is 13.7. The summed E-state index contributed by atoms with van der Waals surface area (Å²) in [5, 5.41) is 0.626. The van der Waals surface area contributed by atoms with E-state index < -0.39 is 0 Å². The second-order valence-corrected chi connectivity index (χ2v) is 4.18. The van der Waals surface area contributed by atoms with Crippen molar-refractivity contribution in [2.75, 3.05) is 14.2 Å². The Hall–Kier alpha value is -1.94.